The highest BCUT2D eigenvalue weighted by Gasteiger charge is 2.20. The van der Waals surface area contributed by atoms with Crippen molar-refractivity contribution >= 4 is 29.9 Å². The first-order valence-electron chi connectivity index (χ1n) is 8.38. The Balaban J connectivity index is 0.00000264. The van der Waals surface area contributed by atoms with E-state index in [9.17, 15) is 0 Å². The normalized spacial score (nSPS) is 18.6. The lowest BCUT2D eigenvalue weighted by Crippen LogP contribution is -2.44. The molecule has 1 aliphatic heterocycles. The van der Waals surface area contributed by atoms with E-state index in [1.54, 1.807) is 0 Å². The molecule has 0 aromatic heterocycles. The van der Waals surface area contributed by atoms with E-state index in [2.05, 4.69) is 61.6 Å². The van der Waals surface area contributed by atoms with Gasteiger partial charge in [-0.05, 0) is 58.3 Å². The molecule has 0 spiro atoms. The summed E-state index contributed by atoms with van der Waals surface area (Å²) >= 11 is 0. The second-order valence-electron chi connectivity index (χ2n) is 6.28. The largest absolute Gasteiger partial charge is 0.357 e. The van der Waals surface area contributed by atoms with Gasteiger partial charge in [0.25, 0.3) is 0 Å². The molecule has 1 aromatic rings. The lowest BCUT2D eigenvalue weighted by molar-refractivity contribution is 0.309. The lowest BCUT2D eigenvalue weighted by atomic mass is 10.1. The number of hydrogen-bond acceptors (Lipinski definition) is 2. The third-order valence-electron chi connectivity index (χ3n) is 4.43. The van der Waals surface area contributed by atoms with Gasteiger partial charge in [-0.25, -0.2) is 4.99 Å². The Kier molecular flexibility index (Phi) is 8.91. The van der Waals surface area contributed by atoms with Crippen molar-refractivity contribution in [3.8, 4) is 0 Å². The van der Waals surface area contributed by atoms with Crippen molar-refractivity contribution in [2.45, 2.75) is 46.2 Å². The number of halogens is 1. The smallest absolute Gasteiger partial charge is 0.191 e. The van der Waals surface area contributed by atoms with E-state index in [-0.39, 0.29) is 24.0 Å². The minimum Gasteiger partial charge on any atom is -0.357 e. The average Bonchev–Trinajstić information content (AvgIpc) is 2.89. The van der Waals surface area contributed by atoms with Crippen LogP contribution in [-0.2, 0) is 6.54 Å². The molecule has 0 bridgehead atoms. The second kappa shape index (κ2) is 10.1. The molecule has 0 radical (unpaired) electrons. The van der Waals surface area contributed by atoms with E-state index in [1.165, 1.54) is 36.1 Å². The van der Waals surface area contributed by atoms with Crippen molar-refractivity contribution in [2.24, 2.45) is 4.99 Å². The Morgan fingerprint density at radius 2 is 2.09 bits per heavy atom. The maximum absolute atomic E-state index is 4.74. The Labute approximate surface area is 158 Å². The first-order chi connectivity index (χ1) is 10.6. The summed E-state index contributed by atoms with van der Waals surface area (Å²) in [6.07, 6.45) is 2.58. The van der Waals surface area contributed by atoms with Crippen LogP contribution in [0.2, 0.25) is 0 Å². The predicted octanol–water partition coefficient (Wildman–Crippen LogP) is 3.07. The van der Waals surface area contributed by atoms with Crippen LogP contribution in [0, 0.1) is 13.8 Å². The number of nitrogens with one attached hydrogen (secondary N) is 2. The summed E-state index contributed by atoms with van der Waals surface area (Å²) in [6.45, 7) is 10.2. The van der Waals surface area contributed by atoms with E-state index in [1.807, 2.05) is 0 Å². The van der Waals surface area contributed by atoms with Crippen LogP contribution in [0.15, 0.2) is 23.2 Å². The molecule has 1 fully saturated rings. The Morgan fingerprint density at radius 3 is 2.70 bits per heavy atom. The van der Waals surface area contributed by atoms with Crippen LogP contribution in [0.3, 0.4) is 0 Å². The van der Waals surface area contributed by atoms with Crippen molar-refractivity contribution in [2.75, 3.05) is 26.7 Å². The van der Waals surface area contributed by atoms with Crippen LogP contribution < -0.4 is 10.6 Å². The van der Waals surface area contributed by atoms with Crippen molar-refractivity contribution in [1.82, 2.24) is 15.5 Å². The molecule has 23 heavy (non-hydrogen) atoms. The van der Waals surface area contributed by atoms with Crippen LogP contribution in [0.5, 0.6) is 0 Å². The molecule has 0 amide bonds. The molecule has 2 rings (SSSR count). The third kappa shape index (κ3) is 6.30. The van der Waals surface area contributed by atoms with Crippen LogP contribution in [0.1, 0.15) is 36.5 Å². The van der Waals surface area contributed by atoms with Crippen LogP contribution in [0.25, 0.3) is 0 Å². The van der Waals surface area contributed by atoms with Gasteiger partial charge in [0, 0.05) is 19.1 Å². The summed E-state index contributed by atoms with van der Waals surface area (Å²) in [5.74, 6) is 0.919. The molecule has 1 atom stereocenters. The van der Waals surface area contributed by atoms with Gasteiger partial charge in [-0.2, -0.15) is 0 Å². The molecule has 130 valence electrons. The van der Waals surface area contributed by atoms with E-state index in [4.69, 9.17) is 4.99 Å². The molecule has 1 saturated heterocycles. The van der Waals surface area contributed by atoms with Gasteiger partial charge in [-0.15, -0.1) is 24.0 Å². The second-order valence-corrected chi connectivity index (χ2v) is 6.28. The van der Waals surface area contributed by atoms with Gasteiger partial charge >= 0.3 is 0 Å². The molecular formula is C18H31IN4. The molecule has 0 aliphatic carbocycles. The first-order valence-corrected chi connectivity index (χ1v) is 8.38. The molecule has 0 saturated carbocycles. The topological polar surface area (TPSA) is 39.7 Å². The van der Waals surface area contributed by atoms with Gasteiger partial charge in [0.15, 0.2) is 5.96 Å². The number of aliphatic imine (C=N–C) groups is 1. The maximum Gasteiger partial charge on any atom is 0.191 e. The molecular weight excluding hydrogens is 399 g/mol. The van der Waals surface area contributed by atoms with E-state index in [0.29, 0.717) is 6.04 Å². The quantitative estimate of drug-likeness (QED) is 0.429. The Bertz CT molecular complexity index is 516. The minimum atomic E-state index is 0. The SMILES string of the molecule is CCNC(=NCc1ccc(C)cc1C)NCC1CCCN1C.I. The zero-order chi connectivity index (χ0) is 15.9. The summed E-state index contributed by atoms with van der Waals surface area (Å²) in [6, 6.07) is 7.19. The number of benzene rings is 1. The molecule has 2 N–H and O–H groups in total. The molecule has 1 aliphatic rings. The molecule has 5 heteroatoms. The van der Waals surface area contributed by atoms with Gasteiger partial charge in [-0.3, -0.25) is 0 Å². The number of nitrogens with zero attached hydrogens (tertiary/aromatic N) is 2. The predicted molar refractivity (Wildman–Crippen MR) is 110 cm³/mol. The summed E-state index contributed by atoms with van der Waals surface area (Å²) in [5.41, 5.74) is 3.91. The highest BCUT2D eigenvalue weighted by molar-refractivity contribution is 14.0. The molecule has 4 nitrogen and oxygen atoms in total. The fourth-order valence-corrected chi connectivity index (χ4v) is 2.98. The minimum absolute atomic E-state index is 0. The van der Waals surface area contributed by atoms with Crippen LogP contribution >= 0.6 is 24.0 Å². The van der Waals surface area contributed by atoms with Gasteiger partial charge in [0.2, 0.25) is 0 Å². The monoisotopic (exact) mass is 430 g/mol. The highest BCUT2D eigenvalue weighted by atomic mass is 127. The van der Waals surface area contributed by atoms with Gasteiger partial charge in [-0.1, -0.05) is 23.8 Å². The zero-order valence-corrected chi connectivity index (χ0v) is 17.2. The van der Waals surface area contributed by atoms with Crippen molar-refractivity contribution in [3.63, 3.8) is 0 Å². The van der Waals surface area contributed by atoms with E-state index in [0.717, 1.165) is 25.6 Å². The standard InChI is InChI=1S/C18H30N4.HI/c1-5-19-18(21-13-17-7-6-10-22(17)4)20-12-16-9-8-14(2)11-15(16)3;/h8-9,11,17H,5-7,10,12-13H2,1-4H3,(H2,19,20,21);1H. The van der Waals surface area contributed by atoms with Gasteiger partial charge in [0.05, 0.1) is 6.54 Å². The van der Waals surface area contributed by atoms with Gasteiger partial charge in [0.1, 0.15) is 0 Å². The number of hydrogen-bond donors (Lipinski definition) is 2. The Morgan fingerprint density at radius 1 is 1.30 bits per heavy atom. The summed E-state index contributed by atoms with van der Waals surface area (Å²) < 4.78 is 0. The number of likely N-dealkylation sites (N-methyl/N-ethyl adjacent to an activating group) is 1. The molecule has 1 unspecified atom stereocenters. The van der Waals surface area contributed by atoms with Crippen molar-refractivity contribution in [1.29, 1.82) is 0 Å². The fraction of sp³-hybridized carbons (Fsp3) is 0.611. The number of aryl methyl sites for hydroxylation is 2. The third-order valence-corrected chi connectivity index (χ3v) is 4.43. The van der Waals surface area contributed by atoms with Crippen LogP contribution in [0.4, 0.5) is 0 Å². The highest BCUT2D eigenvalue weighted by Crippen LogP contribution is 2.14. The average molecular weight is 430 g/mol. The first kappa shape index (κ1) is 20.2. The number of rotatable bonds is 5. The summed E-state index contributed by atoms with van der Waals surface area (Å²) in [7, 11) is 2.21. The van der Waals surface area contributed by atoms with Gasteiger partial charge < -0.3 is 15.5 Å². The molecule has 1 heterocycles. The summed E-state index contributed by atoms with van der Waals surface area (Å²) in [4.78, 5) is 7.17. The number of guanidine groups is 1. The van der Waals surface area contributed by atoms with E-state index >= 15 is 0 Å². The molecule has 1 aromatic carbocycles. The zero-order valence-electron chi connectivity index (χ0n) is 14.9. The van der Waals surface area contributed by atoms with Crippen molar-refractivity contribution in [3.05, 3.63) is 34.9 Å². The van der Waals surface area contributed by atoms with Crippen molar-refractivity contribution < 1.29 is 0 Å². The summed E-state index contributed by atoms with van der Waals surface area (Å²) in [5, 5.41) is 6.83. The number of likely N-dealkylation sites (tertiary alicyclic amines) is 1. The Hall–Kier alpha value is -0.820. The fourth-order valence-electron chi connectivity index (χ4n) is 2.98. The van der Waals surface area contributed by atoms with E-state index < -0.39 is 0 Å². The van der Waals surface area contributed by atoms with Crippen LogP contribution in [-0.4, -0.2) is 43.6 Å². The maximum atomic E-state index is 4.74. The lowest BCUT2D eigenvalue weighted by Gasteiger charge is -2.21.